The van der Waals surface area contributed by atoms with Gasteiger partial charge in [0, 0.05) is 24.2 Å². The van der Waals surface area contributed by atoms with Crippen molar-refractivity contribution in [3.63, 3.8) is 0 Å². The molecular weight excluding hydrogens is 241 g/mol. The number of aromatic nitrogens is 2. The van der Waals surface area contributed by atoms with Crippen molar-refractivity contribution in [1.29, 1.82) is 0 Å². The van der Waals surface area contributed by atoms with Crippen LogP contribution in [0.1, 0.15) is 37.5 Å². The van der Waals surface area contributed by atoms with Crippen LogP contribution in [0.25, 0.3) is 11.0 Å². The number of fused-ring (bicyclic) bond motifs is 3. The summed E-state index contributed by atoms with van der Waals surface area (Å²) in [6, 6.07) is 6.76. The summed E-state index contributed by atoms with van der Waals surface area (Å²) in [7, 11) is 0. The van der Waals surface area contributed by atoms with Gasteiger partial charge in [0.15, 0.2) is 0 Å². The molecule has 100 valence electrons. The number of benzene rings is 1. The summed E-state index contributed by atoms with van der Waals surface area (Å²) >= 11 is 0. The van der Waals surface area contributed by atoms with Crippen LogP contribution in [0.3, 0.4) is 0 Å². The van der Waals surface area contributed by atoms with Gasteiger partial charge in [0.1, 0.15) is 11.6 Å². The smallest absolute Gasteiger partial charge is 0.125 e. The average Bonchev–Trinajstić information content (AvgIpc) is 2.88. The molecule has 2 aliphatic rings. The average molecular weight is 259 g/mol. The lowest BCUT2D eigenvalue weighted by molar-refractivity contribution is 0.300. The van der Waals surface area contributed by atoms with Gasteiger partial charge in [-0.1, -0.05) is 0 Å². The zero-order valence-corrected chi connectivity index (χ0v) is 11.1. The summed E-state index contributed by atoms with van der Waals surface area (Å²) < 4.78 is 15.6. The molecule has 1 aromatic heterocycles. The molecule has 3 atom stereocenters. The Balaban J connectivity index is 1.80. The maximum Gasteiger partial charge on any atom is 0.125 e. The summed E-state index contributed by atoms with van der Waals surface area (Å²) in [5, 5.41) is 3.67. The molecule has 19 heavy (non-hydrogen) atoms. The van der Waals surface area contributed by atoms with Crippen molar-refractivity contribution in [3.8, 4) is 0 Å². The lowest BCUT2D eigenvalue weighted by Crippen LogP contribution is -2.39. The van der Waals surface area contributed by atoms with Crippen molar-refractivity contribution in [2.24, 2.45) is 0 Å². The fourth-order valence-electron chi connectivity index (χ4n) is 3.89. The van der Waals surface area contributed by atoms with Crippen molar-refractivity contribution in [3.05, 3.63) is 29.8 Å². The number of piperidine rings is 1. The zero-order valence-electron chi connectivity index (χ0n) is 11.1. The van der Waals surface area contributed by atoms with Crippen LogP contribution in [0.15, 0.2) is 18.2 Å². The second-order valence-corrected chi connectivity index (χ2v) is 5.93. The number of nitrogens with zero attached hydrogens (tertiary/aromatic N) is 2. The number of hydrogen-bond acceptors (Lipinski definition) is 2. The van der Waals surface area contributed by atoms with Crippen molar-refractivity contribution in [1.82, 2.24) is 14.9 Å². The Bertz CT molecular complexity index is 622. The van der Waals surface area contributed by atoms with Gasteiger partial charge < -0.3 is 9.88 Å². The van der Waals surface area contributed by atoms with Crippen molar-refractivity contribution >= 4 is 11.0 Å². The van der Waals surface area contributed by atoms with Gasteiger partial charge in [-0.15, -0.1) is 0 Å². The van der Waals surface area contributed by atoms with E-state index in [0.717, 1.165) is 16.9 Å². The van der Waals surface area contributed by atoms with Crippen LogP contribution in [-0.4, -0.2) is 21.6 Å². The highest BCUT2D eigenvalue weighted by molar-refractivity contribution is 5.76. The van der Waals surface area contributed by atoms with E-state index in [1.54, 1.807) is 0 Å². The largest absolute Gasteiger partial charge is 0.325 e. The molecule has 3 heterocycles. The van der Waals surface area contributed by atoms with Gasteiger partial charge in [0.2, 0.25) is 0 Å². The molecule has 0 unspecified atom stereocenters. The predicted octanol–water partition coefficient (Wildman–Crippen LogP) is 2.94. The molecule has 1 aromatic carbocycles. The lowest BCUT2D eigenvalue weighted by atomic mass is 9.99. The number of hydrogen-bond donors (Lipinski definition) is 1. The zero-order chi connectivity index (χ0) is 13.0. The Labute approximate surface area is 111 Å². The number of imidazole rings is 1. The van der Waals surface area contributed by atoms with Gasteiger partial charge in [-0.3, -0.25) is 0 Å². The van der Waals surface area contributed by atoms with Gasteiger partial charge in [-0.25, -0.2) is 9.37 Å². The van der Waals surface area contributed by atoms with E-state index in [2.05, 4.69) is 14.9 Å². The molecule has 2 aromatic rings. The van der Waals surface area contributed by atoms with E-state index in [1.165, 1.54) is 37.8 Å². The van der Waals surface area contributed by atoms with Crippen LogP contribution in [0.4, 0.5) is 4.39 Å². The highest BCUT2D eigenvalue weighted by atomic mass is 19.1. The van der Waals surface area contributed by atoms with Gasteiger partial charge in [-0.05, 0) is 44.7 Å². The van der Waals surface area contributed by atoms with Gasteiger partial charge >= 0.3 is 0 Å². The van der Waals surface area contributed by atoms with Crippen LogP contribution < -0.4 is 5.32 Å². The molecule has 0 aliphatic carbocycles. The second kappa shape index (κ2) is 4.04. The molecule has 0 spiro atoms. The maximum absolute atomic E-state index is 13.3. The highest BCUT2D eigenvalue weighted by Gasteiger charge is 2.35. The van der Waals surface area contributed by atoms with Gasteiger partial charge in [0.25, 0.3) is 0 Å². The van der Waals surface area contributed by atoms with E-state index >= 15 is 0 Å². The third kappa shape index (κ3) is 1.77. The lowest BCUT2D eigenvalue weighted by Gasteiger charge is -2.31. The summed E-state index contributed by atoms with van der Waals surface area (Å²) in [4.78, 5) is 4.52. The fourth-order valence-corrected chi connectivity index (χ4v) is 3.89. The number of halogens is 1. The van der Waals surface area contributed by atoms with Crippen molar-refractivity contribution < 1.29 is 4.39 Å². The molecule has 1 N–H and O–H groups in total. The summed E-state index contributed by atoms with van der Waals surface area (Å²) in [6.45, 7) is 2.03. The quantitative estimate of drug-likeness (QED) is 0.853. The highest BCUT2D eigenvalue weighted by Crippen LogP contribution is 2.36. The Morgan fingerprint density at radius 2 is 2.00 bits per heavy atom. The van der Waals surface area contributed by atoms with Gasteiger partial charge in [0.05, 0.1) is 11.0 Å². The molecule has 0 saturated carbocycles. The van der Waals surface area contributed by atoms with E-state index < -0.39 is 0 Å². The Morgan fingerprint density at radius 1 is 1.26 bits per heavy atom. The molecule has 4 rings (SSSR count). The molecule has 2 bridgehead atoms. The molecule has 3 nitrogen and oxygen atoms in total. The van der Waals surface area contributed by atoms with E-state index in [9.17, 15) is 4.39 Å². The molecule has 2 fully saturated rings. The van der Waals surface area contributed by atoms with Crippen LogP contribution in [0.2, 0.25) is 0 Å². The Kier molecular flexibility index (Phi) is 2.42. The van der Waals surface area contributed by atoms with Crippen LogP contribution >= 0.6 is 0 Å². The third-order valence-electron chi connectivity index (χ3n) is 4.64. The van der Waals surface area contributed by atoms with Crippen molar-refractivity contribution in [2.45, 2.75) is 50.7 Å². The number of aryl methyl sites for hydroxylation is 1. The molecular formula is C15H18FN3. The minimum Gasteiger partial charge on any atom is -0.325 e. The standard InChI is InChI=1S/C15H18FN3/c1-9-17-14-6-10(16)2-5-15(14)19(9)13-7-11-3-4-12(8-13)18-11/h2,5-6,11-13,18H,3-4,7-8H2,1H3/t11-,12+,13+. The van der Waals surface area contributed by atoms with E-state index in [4.69, 9.17) is 0 Å². The third-order valence-corrected chi connectivity index (χ3v) is 4.64. The minimum absolute atomic E-state index is 0.206. The predicted molar refractivity (Wildman–Crippen MR) is 72.6 cm³/mol. The minimum atomic E-state index is -0.206. The normalized spacial score (nSPS) is 30.1. The van der Waals surface area contributed by atoms with Gasteiger partial charge in [-0.2, -0.15) is 0 Å². The Morgan fingerprint density at radius 3 is 2.74 bits per heavy atom. The maximum atomic E-state index is 13.3. The Hall–Kier alpha value is -1.42. The van der Waals surface area contributed by atoms with E-state index in [1.807, 2.05) is 13.0 Å². The van der Waals surface area contributed by atoms with Crippen LogP contribution in [0, 0.1) is 12.7 Å². The van der Waals surface area contributed by atoms with E-state index in [-0.39, 0.29) is 5.82 Å². The second-order valence-electron chi connectivity index (χ2n) is 5.93. The molecule has 0 amide bonds. The summed E-state index contributed by atoms with van der Waals surface area (Å²) in [6.07, 6.45) is 4.92. The first-order chi connectivity index (χ1) is 9.20. The van der Waals surface area contributed by atoms with Crippen molar-refractivity contribution in [2.75, 3.05) is 0 Å². The van der Waals surface area contributed by atoms with Crippen LogP contribution in [0.5, 0.6) is 0 Å². The van der Waals surface area contributed by atoms with E-state index in [0.29, 0.717) is 18.1 Å². The topological polar surface area (TPSA) is 29.9 Å². The number of nitrogens with one attached hydrogen (secondary N) is 1. The SMILES string of the molecule is Cc1nc2cc(F)ccc2n1[C@H]1C[C@H]2CC[C@@H](C1)N2. The first kappa shape index (κ1) is 11.4. The molecule has 4 heteroatoms. The molecule has 2 saturated heterocycles. The number of rotatable bonds is 1. The summed E-state index contributed by atoms with van der Waals surface area (Å²) in [5.41, 5.74) is 1.86. The molecule has 0 radical (unpaired) electrons. The summed E-state index contributed by atoms with van der Waals surface area (Å²) in [5.74, 6) is 0.800. The fraction of sp³-hybridized carbons (Fsp3) is 0.533. The molecule has 2 aliphatic heterocycles. The monoisotopic (exact) mass is 259 g/mol. The van der Waals surface area contributed by atoms with Crippen LogP contribution in [-0.2, 0) is 0 Å². The first-order valence-corrected chi connectivity index (χ1v) is 7.11. The first-order valence-electron chi connectivity index (χ1n) is 7.11.